The van der Waals surface area contributed by atoms with E-state index in [4.69, 9.17) is 5.73 Å². The highest BCUT2D eigenvalue weighted by atomic mass is 16.1. The van der Waals surface area contributed by atoms with Crippen LogP contribution in [0.2, 0.25) is 0 Å². The first-order chi connectivity index (χ1) is 6.59. The van der Waals surface area contributed by atoms with E-state index >= 15 is 0 Å². The van der Waals surface area contributed by atoms with Crippen LogP contribution in [0.4, 0.5) is 5.95 Å². The van der Waals surface area contributed by atoms with Crippen molar-refractivity contribution in [2.24, 2.45) is 0 Å². The standard InChI is InChI=1S/C8H11N5O/c1-4(2)6-10-3-5-7(14)11-8(9)12-13(5)6/h3-4H,1-2H3,(H3,9,11,12,14). The minimum absolute atomic E-state index is 0.0994. The lowest BCUT2D eigenvalue weighted by Gasteiger charge is -2.02. The number of fused-ring (bicyclic) bond motifs is 1. The van der Waals surface area contributed by atoms with Gasteiger partial charge in [-0.2, -0.15) is 0 Å². The van der Waals surface area contributed by atoms with Crippen molar-refractivity contribution in [1.29, 1.82) is 0 Å². The van der Waals surface area contributed by atoms with Crippen molar-refractivity contribution >= 4 is 11.5 Å². The molecule has 2 aromatic rings. The molecule has 0 saturated carbocycles. The molecule has 0 aromatic carbocycles. The van der Waals surface area contributed by atoms with E-state index in [1.807, 2.05) is 13.8 Å². The lowest BCUT2D eigenvalue weighted by atomic mass is 10.2. The highest BCUT2D eigenvalue weighted by Crippen LogP contribution is 2.11. The zero-order valence-corrected chi connectivity index (χ0v) is 7.98. The molecule has 0 aliphatic rings. The number of nitrogens with one attached hydrogen (secondary N) is 1. The quantitative estimate of drug-likeness (QED) is 0.673. The lowest BCUT2D eigenvalue weighted by molar-refractivity contribution is 0.722. The maximum Gasteiger partial charge on any atom is 0.278 e. The van der Waals surface area contributed by atoms with Gasteiger partial charge in [0.1, 0.15) is 5.82 Å². The molecular formula is C8H11N5O. The van der Waals surface area contributed by atoms with Gasteiger partial charge in [0, 0.05) is 5.92 Å². The van der Waals surface area contributed by atoms with E-state index < -0.39 is 0 Å². The predicted molar refractivity (Wildman–Crippen MR) is 52.1 cm³/mol. The average molecular weight is 193 g/mol. The molecule has 2 aromatic heterocycles. The Morgan fingerprint density at radius 3 is 2.93 bits per heavy atom. The highest BCUT2D eigenvalue weighted by Gasteiger charge is 2.11. The van der Waals surface area contributed by atoms with Gasteiger partial charge in [0.05, 0.1) is 6.20 Å². The summed E-state index contributed by atoms with van der Waals surface area (Å²) >= 11 is 0. The Labute approximate surface area is 79.8 Å². The first-order valence-corrected chi connectivity index (χ1v) is 4.33. The van der Waals surface area contributed by atoms with Crippen molar-refractivity contribution in [3.63, 3.8) is 0 Å². The second-order valence-electron chi connectivity index (χ2n) is 3.41. The number of hydrogen-bond acceptors (Lipinski definition) is 4. The summed E-state index contributed by atoms with van der Waals surface area (Å²) in [5.41, 5.74) is 5.59. The molecule has 6 nitrogen and oxygen atoms in total. The number of anilines is 1. The number of nitrogens with zero attached hydrogens (tertiary/aromatic N) is 3. The molecule has 2 rings (SSSR count). The van der Waals surface area contributed by atoms with E-state index in [1.54, 1.807) is 0 Å². The van der Waals surface area contributed by atoms with Crippen molar-refractivity contribution in [3.05, 3.63) is 22.4 Å². The van der Waals surface area contributed by atoms with Crippen molar-refractivity contribution < 1.29 is 0 Å². The summed E-state index contributed by atoms with van der Waals surface area (Å²) < 4.78 is 1.48. The van der Waals surface area contributed by atoms with E-state index in [2.05, 4.69) is 15.1 Å². The topological polar surface area (TPSA) is 89.1 Å². The van der Waals surface area contributed by atoms with Crippen LogP contribution in [0.25, 0.3) is 5.52 Å². The summed E-state index contributed by atoms with van der Waals surface area (Å²) in [6.07, 6.45) is 1.50. The Balaban J connectivity index is 2.85. The SMILES string of the molecule is CC(C)c1ncc2c(=O)[nH]c(N)nn12. The van der Waals surface area contributed by atoms with Gasteiger partial charge in [-0.3, -0.25) is 9.78 Å². The Morgan fingerprint density at radius 1 is 1.57 bits per heavy atom. The van der Waals surface area contributed by atoms with Gasteiger partial charge in [0.25, 0.3) is 5.56 Å². The van der Waals surface area contributed by atoms with Crippen LogP contribution in [0.1, 0.15) is 25.6 Å². The minimum atomic E-state index is -0.267. The summed E-state index contributed by atoms with van der Waals surface area (Å²) in [5.74, 6) is 1.03. The molecule has 0 spiro atoms. The largest absolute Gasteiger partial charge is 0.368 e. The van der Waals surface area contributed by atoms with Crippen molar-refractivity contribution in [3.8, 4) is 0 Å². The Bertz CT molecular complexity index is 524. The number of nitrogens with two attached hydrogens (primary N) is 1. The number of H-pyrrole nitrogens is 1. The average Bonchev–Trinajstić information content (AvgIpc) is 2.47. The van der Waals surface area contributed by atoms with Crippen LogP contribution in [-0.2, 0) is 0 Å². The fraction of sp³-hybridized carbons (Fsp3) is 0.375. The smallest absolute Gasteiger partial charge is 0.278 e. The van der Waals surface area contributed by atoms with Crippen LogP contribution in [0.15, 0.2) is 11.0 Å². The van der Waals surface area contributed by atoms with Crippen LogP contribution in [-0.4, -0.2) is 19.6 Å². The van der Waals surface area contributed by atoms with Crippen molar-refractivity contribution in [2.45, 2.75) is 19.8 Å². The monoisotopic (exact) mass is 193 g/mol. The second-order valence-corrected chi connectivity index (χ2v) is 3.41. The summed E-state index contributed by atoms with van der Waals surface area (Å²) in [4.78, 5) is 17.9. The first kappa shape index (κ1) is 8.74. The third-order valence-corrected chi connectivity index (χ3v) is 1.96. The lowest BCUT2D eigenvalue weighted by Crippen LogP contribution is -2.16. The van der Waals surface area contributed by atoms with Crippen LogP contribution in [0, 0.1) is 0 Å². The molecule has 0 radical (unpaired) electrons. The van der Waals surface area contributed by atoms with E-state index in [0.717, 1.165) is 5.82 Å². The summed E-state index contributed by atoms with van der Waals surface area (Å²) in [5, 5.41) is 3.99. The second kappa shape index (κ2) is 2.83. The zero-order valence-electron chi connectivity index (χ0n) is 7.98. The molecule has 0 amide bonds. The number of rotatable bonds is 1. The molecule has 6 heteroatoms. The van der Waals surface area contributed by atoms with Crippen LogP contribution in [0.3, 0.4) is 0 Å². The molecule has 0 saturated heterocycles. The van der Waals surface area contributed by atoms with Crippen LogP contribution < -0.4 is 11.3 Å². The van der Waals surface area contributed by atoms with Gasteiger partial charge in [-0.1, -0.05) is 13.8 Å². The van der Waals surface area contributed by atoms with Crippen LogP contribution in [0.5, 0.6) is 0 Å². The maximum atomic E-state index is 11.4. The van der Waals surface area contributed by atoms with Gasteiger partial charge in [0.15, 0.2) is 5.52 Å². The number of aromatic amines is 1. The van der Waals surface area contributed by atoms with Crippen molar-refractivity contribution in [1.82, 2.24) is 19.6 Å². The fourth-order valence-corrected chi connectivity index (χ4v) is 1.33. The molecule has 74 valence electrons. The third kappa shape index (κ3) is 1.15. The molecule has 3 N–H and O–H groups in total. The number of aromatic nitrogens is 4. The molecule has 0 bridgehead atoms. The van der Waals surface area contributed by atoms with E-state index in [9.17, 15) is 4.79 Å². The van der Waals surface area contributed by atoms with Gasteiger partial charge >= 0.3 is 0 Å². The van der Waals surface area contributed by atoms with E-state index in [1.165, 1.54) is 10.7 Å². The predicted octanol–water partition coefficient (Wildman–Crippen LogP) is 0.123. The van der Waals surface area contributed by atoms with Crippen LogP contribution >= 0.6 is 0 Å². The normalized spacial score (nSPS) is 11.4. The molecule has 14 heavy (non-hydrogen) atoms. The third-order valence-electron chi connectivity index (χ3n) is 1.96. The first-order valence-electron chi connectivity index (χ1n) is 4.33. The molecular weight excluding hydrogens is 182 g/mol. The van der Waals surface area contributed by atoms with Gasteiger partial charge in [-0.05, 0) is 0 Å². The summed E-state index contributed by atoms with van der Waals surface area (Å²) in [6, 6.07) is 0. The fourth-order valence-electron chi connectivity index (χ4n) is 1.33. The molecule has 0 fully saturated rings. The Morgan fingerprint density at radius 2 is 2.29 bits per heavy atom. The Kier molecular flexibility index (Phi) is 1.77. The van der Waals surface area contributed by atoms with Gasteiger partial charge in [-0.15, -0.1) is 5.10 Å². The molecule has 0 unspecified atom stereocenters. The summed E-state index contributed by atoms with van der Waals surface area (Å²) in [6.45, 7) is 3.96. The molecule has 0 aliphatic carbocycles. The summed E-state index contributed by atoms with van der Waals surface area (Å²) in [7, 11) is 0. The van der Waals surface area contributed by atoms with E-state index in [-0.39, 0.29) is 17.4 Å². The number of nitrogen functional groups attached to an aromatic ring is 1. The Hall–Kier alpha value is -1.85. The number of imidazole rings is 1. The minimum Gasteiger partial charge on any atom is -0.368 e. The molecule has 0 atom stereocenters. The van der Waals surface area contributed by atoms with Crippen molar-refractivity contribution in [2.75, 3.05) is 5.73 Å². The van der Waals surface area contributed by atoms with Gasteiger partial charge in [0.2, 0.25) is 5.95 Å². The zero-order chi connectivity index (χ0) is 10.3. The molecule has 0 aliphatic heterocycles. The highest BCUT2D eigenvalue weighted by molar-refractivity contribution is 5.43. The maximum absolute atomic E-state index is 11.4. The van der Waals surface area contributed by atoms with E-state index in [0.29, 0.717) is 5.52 Å². The van der Waals surface area contributed by atoms with Gasteiger partial charge < -0.3 is 5.73 Å². The number of hydrogen-bond donors (Lipinski definition) is 2. The van der Waals surface area contributed by atoms with Gasteiger partial charge in [-0.25, -0.2) is 9.50 Å². The molecule has 2 heterocycles.